The van der Waals surface area contributed by atoms with E-state index in [4.69, 9.17) is 11.8 Å². The molecule has 0 aromatic rings. The molecule has 0 radical (unpaired) electrons. The predicted molar refractivity (Wildman–Crippen MR) is 52.3 cm³/mol. The molecule has 0 bridgehead atoms. The number of hydrogen-bond acceptors (Lipinski definition) is 2. The summed E-state index contributed by atoms with van der Waals surface area (Å²) in [5, 5.41) is 0. The molecule has 1 aliphatic carbocycles. The lowest BCUT2D eigenvalue weighted by Gasteiger charge is -2.05. The number of nitrogens with zero attached hydrogens (tertiary/aromatic N) is 1. The van der Waals surface area contributed by atoms with E-state index in [2.05, 4.69) is 36.4 Å². The molecule has 0 spiro atoms. The van der Waals surface area contributed by atoms with E-state index in [0.717, 1.165) is 0 Å². The fraction of sp³-hybridized carbons (Fsp3) is 0. The minimum atomic E-state index is -0.0900. The van der Waals surface area contributed by atoms with Crippen LogP contribution in [0.5, 0.6) is 0 Å². The van der Waals surface area contributed by atoms with Gasteiger partial charge in [0, 0.05) is 32.9 Å². The van der Waals surface area contributed by atoms with Crippen molar-refractivity contribution in [3.63, 3.8) is 0 Å². The number of carbonyl (C=O) groups excluding carboxylic acids is 1. The van der Waals surface area contributed by atoms with Crippen molar-refractivity contribution in [1.29, 1.82) is 0 Å². The van der Waals surface area contributed by atoms with Crippen LogP contribution in [0.25, 0.3) is 0 Å². The van der Waals surface area contributed by atoms with Crippen LogP contribution in [0.2, 0.25) is 0 Å². The number of hydrogen-bond donors (Lipinski definition) is 0. The third-order valence-corrected chi connectivity index (χ3v) is 2.45. The molecule has 0 fully saturated rings. The second kappa shape index (κ2) is 3.65. The van der Waals surface area contributed by atoms with Crippen LogP contribution in [-0.4, -0.2) is 11.5 Å². The van der Waals surface area contributed by atoms with Gasteiger partial charge in [0.15, 0.2) is 5.78 Å². The highest BCUT2D eigenvalue weighted by Gasteiger charge is 2.15. The maximum atomic E-state index is 10.8. The van der Waals surface area contributed by atoms with E-state index in [-0.39, 0.29) is 5.78 Å². The zero-order chi connectivity index (χ0) is 8.43. The van der Waals surface area contributed by atoms with Gasteiger partial charge in [-0.25, -0.2) is 0 Å². The summed E-state index contributed by atoms with van der Waals surface area (Å²) in [6.07, 6.45) is 2.82. The molecule has 2 nitrogen and oxygen atoms in total. The van der Waals surface area contributed by atoms with Crippen molar-refractivity contribution >= 4 is 55.1 Å². The molecule has 0 aromatic heterocycles. The SMILES string of the molecule is O=C1C=C(Br)C(=NCl)C(Br)=C1. The van der Waals surface area contributed by atoms with Crippen molar-refractivity contribution < 1.29 is 4.79 Å². The molecule has 11 heavy (non-hydrogen) atoms. The van der Waals surface area contributed by atoms with Gasteiger partial charge in [-0.3, -0.25) is 4.79 Å². The Balaban J connectivity index is 3.11. The molecular weight excluding hydrogens is 297 g/mol. The standard InChI is InChI=1S/C6H2Br2ClNO/c7-4-1-3(11)2-5(8)6(4)10-9/h1-2H. The first-order valence-corrected chi connectivity index (χ1v) is 4.55. The lowest BCUT2D eigenvalue weighted by atomic mass is 10.2. The summed E-state index contributed by atoms with van der Waals surface area (Å²) in [6.45, 7) is 0. The molecule has 5 heteroatoms. The number of ketones is 1. The number of rotatable bonds is 0. The van der Waals surface area contributed by atoms with Crippen molar-refractivity contribution in [2.24, 2.45) is 4.51 Å². The highest BCUT2D eigenvalue weighted by molar-refractivity contribution is 9.13. The Labute approximate surface area is 85.4 Å². The normalized spacial score (nSPS) is 17.7. The zero-order valence-corrected chi connectivity index (χ0v) is 9.07. The van der Waals surface area contributed by atoms with Crippen molar-refractivity contribution in [2.45, 2.75) is 0 Å². The second-order valence-electron chi connectivity index (χ2n) is 1.82. The van der Waals surface area contributed by atoms with Crippen molar-refractivity contribution in [1.82, 2.24) is 0 Å². The minimum absolute atomic E-state index is 0.0900. The van der Waals surface area contributed by atoms with Crippen LogP contribution in [0.15, 0.2) is 25.6 Å². The minimum Gasteiger partial charge on any atom is -0.290 e. The molecule has 0 aliphatic heterocycles. The molecule has 1 rings (SSSR count). The van der Waals surface area contributed by atoms with Gasteiger partial charge in [-0.15, -0.1) is 0 Å². The summed E-state index contributed by atoms with van der Waals surface area (Å²) >= 11 is 11.6. The molecule has 0 atom stereocenters. The van der Waals surface area contributed by atoms with Gasteiger partial charge in [-0.05, 0) is 31.9 Å². The third-order valence-electron chi connectivity index (χ3n) is 1.07. The topological polar surface area (TPSA) is 29.4 Å². The first-order valence-electron chi connectivity index (χ1n) is 2.63. The van der Waals surface area contributed by atoms with Crippen LogP contribution >= 0.6 is 43.6 Å². The van der Waals surface area contributed by atoms with Crippen LogP contribution in [0, 0.1) is 0 Å². The van der Waals surface area contributed by atoms with Gasteiger partial charge in [0.25, 0.3) is 0 Å². The highest BCUT2D eigenvalue weighted by Crippen LogP contribution is 2.23. The van der Waals surface area contributed by atoms with Crippen molar-refractivity contribution in [2.75, 3.05) is 0 Å². The zero-order valence-electron chi connectivity index (χ0n) is 5.14. The average molecular weight is 299 g/mol. The van der Waals surface area contributed by atoms with Gasteiger partial charge in [0.05, 0.1) is 0 Å². The molecule has 0 aromatic carbocycles. The summed E-state index contributed by atoms with van der Waals surface area (Å²) in [5.74, 6) is -0.0900. The van der Waals surface area contributed by atoms with E-state index in [1.54, 1.807) is 0 Å². The number of halogens is 3. The summed E-state index contributed by atoms with van der Waals surface area (Å²) in [7, 11) is 0. The summed E-state index contributed by atoms with van der Waals surface area (Å²) in [6, 6.07) is 0. The Kier molecular flexibility index (Phi) is 3.04. The van der Waals surface area contributed by atoms with Crippen LogP contribution in [0.4, 0.5) is 0 Å². The smallest absolute Gasteiger partial charge is 0.181 e. The average Bonchev–Trinajstić information content (AvgIpc) is 1.85. The van der Waals surface area contributed by atoms with E-state index in [1.807, 2.05) is 0 Å². The van der Waals surface area contributed by atoms with Crippen LogP contribution in [-0.2, 0) is 4.79 Å². The van der Waals surface area contributed by atoms with E-state index >= 15 is 0 Å². The predicted octanol–water partition coefficient (Wildman–Crippen LogP) is 2.72. The third kappa shape index (κ3) is 2.01. The lowest BCUT2D eigenvalue weighted by molar-refractivity contribution is -0.110. The molecule has 0 saturated carbocycles. The maximum Gasteiger partial charge on any atom is 0.181 e. The molecule has 0 amide bonds. The van der Waals surface area contributed by atoms with Crippen LogP contribution in [0.3, 0.4) is 0 Å². The molecule has 1 aliphatic rings. The monoisotopic (exact) mass is 297 g/mol. The van der Waals surface area contributed by atoms with E-state index < -0.39 is 0 Å². The van der Waals surface area contributed by atoms with Gasteiger partial charge in [0.2, 0.25) is 0 Å². The highest BCUT2D eigenvalue weighted by atomic mass is 79.9. The van der Waals surface area contributed by atoms with Gasteiger partial charge < -0.3 is 0 Å². The van der Waals surface area contributed by atoms with E-state index in [9.17, 15) is 4.79 Å². The van der Waals surface area contributed by atoms with Crippen molar-refractivity contribution in [3.8, 4) is 0 Å². The molecular formula is C6H2Br2ClNO. The fourth-order valence-electron chi connectivity index (χ4n) is 0.623. The Bertz CT molecular complexity index is 269. The van der Waals surface area contributed by atoms with Gasteiger partial charge >= 0.3 is 0 Å². The Morgan fingerprint density at radius 2 is 1.73 bits per heavy atom. The second-order valence-corrected chi connectivity index (χ2v) is 3.70. The first-order chi connectivity index (χ1) is 5.15. The number of allylic oxidation sites excluding steroid dienone is 4. The molecule has 0 saturated heterocycles. The Hall–Kier alpha value is 0.0700. The van der Waals surface area contributed by atoms with Crippen molar-refractivity contribution in [3.05, 3.63) is 21.1 Å². The van der Waals surface area contributed by atoms with Gasteiger partial charge in [-0.2, -0.15) is 4.51 Å². The lowest BCUT2D eigenvalue weighted by Crippen LogP contribution is -2.06. The molecule has 0 N–H and O–H groups in total. The Morgan fingerprint density at radius 3 is 2.09 bits per heavy atom. The fourth-order valence-corrected chi connectivity index (χ4v) is 2.33. The number of carbonyl (C=O) groups is 1. The first kappa shape index (κ1) is 9.16. The van der Waals surface area contributed by atoms with Crippen LogP contribution < -0.4 is 0 Å². The van der Waals surface area contributed by atoms with E-state index in [0.29, 0.717) is 14.7 Å². The van der Waals surface area contributed by atoms with Crippen LogP contribution in [0.1, 0.15) is 0 Å². The quantitative estimate of drug-likeness (QED) is 0.632. The van der Waals surface area contributed by atoms with Gasteiger partial charge in [-0.1, -0.05) is 0 Å². The Morgan fingerprint density at radius 1 is 1.27 bits per heavy atom. The summed E-state index contributed by atoms with van der Waals surface area (Å²) < 4.78 is 4.63. The maximum absolute atomic E-state index is 10.8. The summed E-state index contributed by atoms with van der Waals surface area (Å²) in [5.41, 5.74) is 0.534. The largest absolute Gasteiger partial charge is 0.290 e. The molecule has 58 valence electrons. The van der Waals surface area contributed by atoms with E-state index in [1.165, 1.54) is 12.2 Å². The molecule has 0 heterocycles. The molecule has 0 unspecified atom stereocenters. The summed E-state index contributed by atoms with van der Waals surface area (Å²) in [4.78, 5) is 10.8. The van der Waals surface area contributed by atoms with Gasteiger partial charge in [0.1, 0.15) is 5.71 Å².